The number of hydrogen-bond acceptors (Lipinski definition) is 7. The second-order valence-electron chi connectivity index (χ2n) is 10.7. The molecule has 10 N–H and O–H groups in total. The second kappa shape index (κ2) is 13.9. The van der Waals surface area contributed by atoms with Gasteiger partial charge in [0, 0.05) is 65.4 Å². The van der Waals surface area contributed by atoms with Crippen molar-refractivity contribution in [1.82, 2.24) is 35.9 Å². The van der Waals surface area contributed by atoms with E-state index in [-0.39, 0.29) is 19.3 Å². The van der Waals surface area contributed by atoms with Crippen LogP contribution in [0, 0.1) is 0 Å². The van der Waals surface area contributed by atoms with Gasteiger partial charge in [0.1, 0.15) is 24.2 Å². The minimum absolute atomic E-state index is 0.00358. The molecule has 4 atom stereocenters. The number of fused-ring (bicyclic) bond motifs is 2. The molecule has 0 saturated carbocycles. The molecule has 0 radical (unpaired) electrons. The molecule has 0 fully saturated rings. The van der Waals surface area contributed by atoms with Crippen LogP contribution in [0.2, 0.25) is 0 Å². The standard InChI is InChI=1S/C31H34N8O6/c32-22(15-40)28(41)37-26(11-19-14-33-16-36-19)30(43)38-25(9-17-12-34-23-7-3-1-5-20(17)23)29(42)39-27(31(44)45)10-18-13-35-24-8-4-2-6-21(18)24/h1-8,12-14,16,22,25-27,34-35,40H,9-11,15,32H2,(H,33,36)(H,37,41)(H,38,43)(H,39,42)(H,44,45)/t22-,25-,26-,27-/m0/s1. The molecule has 2 aromatic carbocycles. The first-order valence-corrected chi connectivity index (χ1v) is 14.3. The van der Waals surface area contributed by atoms with Gasteiger partial charge in [0.05, 0.1) is 12.9 Å². The Balaban J connectivity index is 1.40. The van der Waals surface area contributed by atoms with E-state index in [4.69, 9.17) is 5.73 Å². The Kier molecular flexibility index (Phi) is 9.55. The molecule has 5 aromatic rings. The molecule has 3 amide bonds. The van der Waals surface area contributed by atoms with Crippen molar-refractivity contribution in [3.05, 3.63) is 90.3 Å². The summed E-state index contributed by atoms with van der Waals surface area (Å²) in [6.45, 7) is -0.636. The Morgan fingerprint density at radius 2 is 1.24 bits per heavy atom. The van der Waals surface area contributed by atoms with Crippen molar-refractivity contribution in [2.24, 2.45) is 5.73 Å². The summed E-state index contributed by atoms with van der Waals surface area (Å²) in [5.41, 5.74) is 9.26. The number of carbonyl (C=O) groups is 4. The third-order valence-electron chi connectivity index (χ3n) is 7.59. The predicted octanol–water partition coefficient (Wildman–Crippen LogP) is 0.259. The molecule has 45 heavy (non-hydrogen) atoms. The van der Waals surface area contributed by atoms with Crippen molar-refractivity contribution in [1.29, 1.82) is 0 Å². The second-order valence-corrected chi connectivity index (χ2v) is 10.7. The van der Waals surface area contributed by atoms with Crippen molar-refractivity contribution in [3.8, 4) is 0 Å². The van der Waals surface area contributed by atoms with Crippen molar-refractivity contribution in [2.75, 3.05) is 6.61 Å². The van der Waals surface area contributed by atoms with Crippen LogP contribution in [0.25, 0.3) is 21.8 Å². The number of nitrogens with two attached hydrogens (primary N) is 1. The summed E-state index contributed by atoms with van der Waals surface area (Å²) < 4.78 is 0. The molecule has 5 rings (SSSR count). The Morgan fingerprint density at radius 1 is 0.733 bits per heavy atom. The Bertz CT molecular complexity index is 1800. The van der Waals surface area contributed by atoms with Gasteiger partial charge in [-0.05, 0) is 23.3 Å². The van der Waals surface area contributed by atoms with Gasteiger partial charge >= 0.3 is 5.97 Å². The van der Waals surface area contributed by atoms with E-state index in [1.807, 2.05) is 48.5 Å². The third kappa shape index (κ3) is 7.37. The molecule has 14 nitrogen and oxygen atoms in total. The first kappa shape index (κ1) is 31.0. The van der Waals surface area contributed by atoms with Gasteiger partial charge in [-0.1, -0.05) is 36.4 Å². The number of aromatic nitrogens is 4. The molecule has 3 aromatic heterocycles. The number of carboxylic acid groups (broad SMARTS) is 1. The maximum absolute atomic E-state index is 13.8. The average Bonchev–Trinajstić information content (AvgIpc) is 3.80. The van der Waals surface area contributed by atoms with Gasteiger partial charge in [-0.2, -0.15) is 0 Å². The van der Waals surface area contributed by atoms with Crippen molar-refractivity contribution in [3.63, 3.8) is 0 Å². The van der Waals surface area contributed by atoms with Crippen LogP contribution < -0.4 is 21.7 Å². The largest absolute Gasteiger partial charge is 0.480 e. The summed E-state index contributed by atoms with van der Waals surface area (Å²) in [7, 11) is 0. The summed E-state index contributed by atoms with van der Waals surface area (Å²) in [5.74, 6) is -3.45. The van der Waals surface area contributed by atoms with Gasteiger partial charge < -0.3 is 46.8 Å². The number of hydrogen-bond donors (Lipinski definition) is 9. The molecule has 3 heterocycles. The zero-order valence-corrected chi connectivity index (χ0v) is 24.1. The predicted molar refractivity (Wildman–Crippen MR) is 165 cm³/mol. The Morgan fingerprint density at radius 3 is 1.78 bits per heavy atom. The number of nitrogens with zero attached hydrogens (tertiary/aromatic N) is 1. The number of aliphatic carboxylic acids is 1. The van der Waals surface area contributed by atoms with Gasteiger partial charge in [-0.15, -0.1) is 0 Å². The van der Waals surface area contributed by atoms with Gasteiger partial charge in [0.2, 0.25) is 17.7 Å². The molecule has 0 aliphatic carbocycles. The number of carboxylic acids is 1. The SMILES string of the molecule is N[C@@H](CO)C(=O)N[C@@H](Cc1cnc[nH]1)C(=O)N[C@@H](Cc1c[nH]c2ccccc12)C(=O)N[C@@H](Cc1c[nH]c2ccccc12)C(=O)O. The third-order valence-corrected chi connectivity index (χ3v) is 7.59. The molecule has 0 unspecified atom stereocenters. The van der Waals surface area contributed by atoms with Gasteiger partial charge in [-0.3, -0.25) is 14.4 Å². The number of H-pyrrole nitrogens is 3. The van der Waals surface area contributed by atoms with Crippen LogP contribution in [-0.2, 0) is 38.4 Å². The van der Waals surface area contributed by atoms with Crippen LogP contribution in [-0.4, -0.2) is 84.6 Å². The summed E-state index contributed by atoms with van der Waals surface area (Å²) in [6, 6.07) is 9.86. The van der Waals surface area contributed by atoms with E-state index >= 15 is 0 Å². The van der Waals surface area contributed by atoms with Crippen molar-refractivity contribution in [2.45, 2.75) is 43.4 Å². The van der Waals surface area contributed by atoms with Crippen LogP contribution in [0.1, 0.15) is 16.8 Å². The van der Waals surface area contributed by atoms with Crippen LogP contribution in [0.15, 0.2) is 73.4 Å². The lowest BCUT2D eigenvalue weighted by Crippen LogP contribution is -2.58. The number of aromatic amines is 3. The number of aliphatic hydroxyl groups is 1. The topological polar surface area (TPSA) is 231 Å². The van der Waals surface area contributed by atoms with E-state index in [0.29, 0.717) is 16.8 Å². The van der Waals surface area contributed by atoms with Gasteiger partial charge in [-0.25, -0.2) is 9.78 Å². The highest BCUT2D eigenvalue weighted by Gasteiger charge is 2.31. The smallest absolute Gasteiger partial charge is 0.326 e. The van der Waals surface area contributed by atoms with E-state index in [2.05, 4.69) is 35.9 Å². The van der Waals surface area contributed by atoms with Crippen molar-refractivity contribution < 1.29 is 29.4 Å². The summed E-state index contributed by atoms with van der Waals surface area (Å²) in [6.07, 6.45) is 6.32. The molecular weight excluding hydrogens is 580 g/mol. The summed E-state index contributed by atoms with van der Waals surface area (Å²) in [5, 5.41) is 28.9. The molecule has 0 aliphatic rings. The maximum atomic E-state index is 13.8. The highest BCUT2D eigenvalue weighted by atomic mass is 16.4. The van der Waals surface area contributed by atoms with Crippen LogP contribution >= 0.6 is 0 Å². The zero-order valence-electron chi connectivity index (χ0n) is 24.1. The monoisotopic (exact) mass is 614 g/mol. The number of benzene rings is 2. The van der Waals surface area contributed by atoms with E-state index in [1.54, 1.807) is 12.4 Å². The molecule has 0 aliphatic heterocycles. The number of rotatable bonds is 14. The molecule has 0 saturated heterocycles. The molecular formula is C31H34N8O6. The Labute approximate surface area is 256 Å². The summed E-state index contributed by atoms with van der Waals surface area (Å²) >= 11 is 0. The van der Waals surface area contributed by atoms with E-state index in [0.717, 1.165) is 21.8 Å². The molecule has 234 valence electrons. The molecule has 0 bridgehead atoms. The fraction of sp³-hybridized carbons (Fsp3) is 0.258. The molecule has 0 spiro atoms. The highest BCUT2D eigenvalue weighted by Crippen LogP contribution is 2.21. The van der Waals surface area contributed by atoms with Crippen LogP contribution in [0.3, 0.4) is 0 Å². The number of imidazole rings is 1. The minimum Gasteiger partial charge on any atom is -0.480 e. The lowest BCUT2D eigenvalue weighted by Gasteiger charge is -2.25. The number of carbonyl (C=O) groups excluding carboxylic acids is 3. The van der Waals surface area contributed by atoms with Gasteiger partial charge in [0.15, 0.2) is 0 Å². The van der Waals surface area contributed by atoms with E-state index in [9.17, 15) is 29.4 Å². The number of aliphatic hydroxyl groups excluding tert-OH is 1. The minimum atomic E-state index is -1.30. The summed E-state index contributed by atoms with van der Waals surface area (Å²) in [4.78, 5) is 65.4. The lowest BCUT2D eigenvalue weighted by atomic mass is 10.0. The normalized spacial score (nSPS) is 14.0. The quantitative estimate of drug-likeness (QED) is 0.0840. The average molecular weight is 615 g/mol. The number of nitrogens with one attached hydrogen (secondary N) is 6. The Hall–Kier alpha value is -5.47. The fourth-order valence-corrected chi connectivity index (χ4v) is 5.18. The van der Waals surface area contributed by atoms with E-state index < -0.39 is 54.5 Å². The van der Waals surface area contributed by atoms with Crippen molar-refractivity contribution >= 4 is 45.5 Å². The number of para-hydroxylation sites is 2. The fourth-order valence-electron chi connectivity index (χ4n) is 5.18. The first-order chi connectivity index (χ1) is 21.7. The van der Waals surface area contributed by atoms with Gasteiger partial charge in [0.25, 0.3) is 0 Å². The maximum Gasteiger partial charge on any atom is 0.326 e. The zero-order chi connectivity index (χ0) is 31.9. The highest BCUT2D eigenvalue weighted by molar-refractivity contribution is 5.95. The lowest BCUT2D eigenvalue weighted by molar-refractivity contribution is -0.142. The molecule has 14 heteroatoms. The number of amides is 3. The van der Waals surface area contributed by atoms with E-state index in [1.165, 1.54) is 12.5 Å². The van der Waals surface area contributed by atoms with Crippen LogP contribution in [0.4, 0.5) is 0 Å². The van der Waals surface area contributed by atoms with Crippen LogP contribution in [0.5, 0.6) is 0 Å². The first-order valence-electron chi connectivity index (χ1n) is 14.3.